The van der Waals surface area contributed by atoms with E-state index < -0.39 is 0 Å². The lowest BCUT2D eigenvalue weighted by atomic mass is 9.84. The number of hydrogen-bond acceptors (Lipinski definition) is 2. The molecule has 0 spiro atoms. The van der Waals surface area contributed by atoms with Crippen molar-refractivity contribution < 1.29 is 4.79 Å². The first-order valence-corrected chi connectivity index (χ1v) is 8.92. The second kappa shape index (κ2) is 8.34. The Morgan fingerprint density at radius 3 is 2.24 bits per heavy atom. The van der Waals surface area contributed by atoms with E-state index in [9.17, 15) is 4.79 Å². The van der Waals surface area contributed by atoms with Gasteiger partial charge in [-0.3, -0.25) is 4.79 Å². The molecule has 0 aliphatic rings. The van der Waals surface area contributed by atoms with Crippen molar-refractivity contribution in [3.05, 3.63) is 54.4 Å². The zero-order valence-corrected chi connectivity index (χ0v) is 16.1. The lowest BCUT2D eigenvalue weighted by molar-refractivity contribution is -0.122. The van der Waals surface area contributed by atoms with E-state index >= 15 is 0 Å². The SMILES string of the molecule is CN(C)CCC(NC(=O)Cc1ccc(-n2cccc2)cc1)C(C)(C)C. The van der Waals surface area contributed by atoms with E-state index in [0.717, 1.165) is 24.2 Å². The van der Waals surface area contributed by atoms with Crippen molar-refractivity contribution in [3.63, 3.8) is 0 Å². The molecule has 1 atom stereocenters. The zero-order valence-electron chi connectivity index (χ0n) is 16.1. The van der Waals surface area contributed by atoms with Gasteiger partial charge in [-0.1, -0.05) is 32.9 Å². The minimum Gasteiger partial charge on any atom is -0.353 e. The molecule has 4 heteroatoms. The van der Waals surface area contributed by atoms with E-state index in [0.29, 0.717) is 6.42 Å². The van der Waals surface area contributed by atoms with Gasteiger partial charge < -0.3 is 14.8 Å². The average molecular weight is 341 g/mol. The van der Waals surface area contributed by atoms with Crippen LogP contribution >= 0.6 is 0 Å². The Kier molecular flexibility index (Phi) is 6.43. The molecule has 1 amide bonds. The maximum atomic E-state index is 12.5. The average Bonchev–Trinajstić information content (AvgIpc) is 3.05. The van der Waals surface area contributed by atoms with Crippen LogP contribution in [0.15, 0.2) is 48.8 Å². The highest BCUT2D eigenvalue weighted by Gasteiger charge is 2.26. The van der Waals surface area contributed by atoms with Crippen LogP contribution in [0.3, 0.4) is 0 Å². The van der Waals surface area contributed by atoms with Crippen LogP contribution in [-0.4, -0.2) is 42.1 Å². The topological polar surface area (TPSA) is 37.3 Å². The van der Waals surface area contributed by atoms with Crippen molar-refractivity contribution in [2.45, 2.75) is 39.7 Å². The molecular weight excluding hydrogens is 310 g/mol. The summed E-state index contributed by atoms with van der Waals surface area (Å²) in [6, 6.07) is 12.3. The molecule has 2 rings (SSSR count). The highest BCUT2D eigenvalue weighted by molar-refractivity contribution is 5.79. The fourth-order valence-corrected chi connectivity index (χ4v) is 2.83. The Morgan fingerprint density at radius 2 is 1.72 bits per heavy atom. The number of nitrogens with one attached hydrogen (secondary N) is 1. The summed E-state index contributed by atoms with van der Waals surface area (Å²) >= 11 is 0. The number of nitrogens with zero attached hydrogens (tertiary/aromatic N) is 2. The molecular formula is C21H31N3O. The molecule has 0 bridgehead atoms. The molecule has 0 saturated heterocycles. The van der Waals surface area contributed by atoms with E-state index in [1.54, 1.807) is 0 Å². The molecule has 0 fully saturated rings. The van der Waals surface area contributed by atoms with Gasteiger partial charge in [0.1, 0.15) is 0 Å². The van der Waals surface area contributed by atoms with Crippen LogP contribution in [0.5, 0.6) is 0 Å². The summed E-state index contributed by atoms with van der Waals surface area (Å²) in [6.07, 6.45) is 5.40. The fraction of sp³-hybridized carbons (Fsp3) is 0.476. The van der Waals surface area contributed by atoms with Crippen molar-refractivity contribution in [3.8, 4) is 5.69 Å². The summed E-state index contributed by atoms with van der Waals surface area (Å²) in [6.45, 7) is 7.51. The van der Waals surface area contributed by atoms with Crippen molar-refractivity contribution in [2.24, 2.45) is 5.41 Å². The molecule has 1 aromatic heterocycles. The Balaban J connectivity index is 1.95. The third-order valence-electron chi connectivity index (χ3n) is 4.45. The van der Waals surface area contributed by atoms with Crippen molar-refractivity contribution in [1.82, 2.24) is 14.8 Å². The van der Waals surface area contributed by atoms with Crippen LogP contribution in [-0.2, 0) is 11.2 Å². The van der Waals surface area contributed by atoms with Crippen LogP contribution in [0.1, 0.15) is 32.8 Å². The number of hydrogen-bond donors (Lipinski definition) is 1. The number of aromatic nitrogens is 1. The van der Waals surface area contributed by atoms with Crippen LogP contribution in [0.25, 0.3) is 5.69 Å². The molecule has 0 aliphatic heterocycles. The highest BCUT2D eigenvalue weighted by Crippen LogP contribution is 2.22. The second-order valence-corrected chi connectivity index (χ2v) is 8.01. The molecule has 136 valence electrons. The Labute approximate surface area is 151 Å². The van der Waals surface area contributed by atoms with Crippen LogP contribution < -0.4 is 5.32 Å². The van der Waals surface area contributed by atoms with E-state index in [1.807, 2.05) is 36.7 Å². The summed E-state index contributed by atoms with van der Waals surface area (Å²) in [5, 5.41) is 3.23. The molecule has 0 radical (unpaired) electrons. The van der Waals surface area contributed by atoms with Gasteiger partial charge in [0, 0.05) is 24.1 Å². The predicted octanol–water partition coefficient (Wildman–Crippen LogP) is 3.50. The Morgan fingerprint density at radius 1 is 1.12 bits per heavy atom. The van der Waals surface area contributed by atoms with Crippen molar-refractivity contribution in [2.75, 3.05) is 20.6 Å². The van der Waals surface area contributed by atoms with Crippen LogP contribution in [0.4, 0.5) is 0 Å². The fourth-order valence-electron chi connectivity index (χ4n) is 2.83. The smallest absolute Gasteiger partial charge is 0.224 e. The minimum atomic E-state index is 0.0456. The van der Waals surface area contributed by atoms with Gasteiger partial charge in [0.15, 0.2) is 0 Å². The number of carbonyl (C=O) groups is 1. The molecule has 1 N–H and O–H groups in total. The lowest BCUT2D eigenvalue weighted by Gasteiger charge is -2.32. The van der Waals surface area contributed by atoms with Crippen molar-refractivity contribution in [1.29, 1.82) is 0 Å². The second-order valence-electron chi connectivity index (χ2n) is 8.01. The normalized spacial score (nSPS) is 13.0. The van der Waals surface area contributed by atoms with Gasteiger partial charge in [-0.15, -0.1) is 0 Å². The third kappa shape index (κ3) is 6.05. The lowest BCUT2D eigenvalue weighted by Crippen LogP contribution is -2.45. The van der Waals surface area contributed by atoms with Gasteiger partial charge >= 0.3 is 0 Å². The minimum absolute atomic E-state index is 0.0456. The largest absolute Gasteiger partial charge is 0.353 e. The van der Waals surface area contributed by atoms with E-state index in [1.165, 1.54) is 0 Å². The van der Waals surface area contributed by atoms with Gasteiger partial charge in [0.2, 0.25) is 5.91 Å². The van der Waals surface area contributed by atoms with Gasteiger partial charge in [-0.25, -0.2) is 0 Å². The van der Waals surface area contributed by atoms with Gasteiger partial charge in [0.25, 0.3) is 0 Å². The molecule has 0 aliphatic carbocycles. The maximum Gasteiger partial charge on any atom is 0.224 e. The summed E-state index contributed by atoms with van der Waals surface area (Å²) < 4.78 is 2.06. The predicted molar refractivity (Wildman–Crippen MR) is 104 cm³/mol. The van der Waals surface area contributed by atoms with E-state index in [2.05, 4.69) is 61.8 Å². The summed E-state index contributed by atoms with van der Waals surface area (Å²) in [4.78, 5) is 14.7. The summed E-state index contributed by atoms with van der Waals surface area (Å²) in [5.41, 5.74) is 2.19. The first-order valence-electron chi connectivity index (χ1n) is 8.92. The Bertz CT molecular complexity index is 651. The van der Waals surface area contributed by atoms with Crippen LogP contribution in [0, 0.1) is 5.41 Å². The van der Waals surface area contributed by atoms with E-state index in [4.69, 9.17) is 0 Å². The third-order valence-corrected chi connectivity index (χ3v) is 4.45. The first kappa shape index (κ1) is 19.3. The number of benzene rings is 1. The Hall–Kier alpha value is -2.07. The molecule has 2 aromatic rings. The number of carbonyl (C=O) groups excluding carboxylic acids is 1. The van der Waals surface area contributed by atoms with Gasteiger partial charge in [0.05, 0.1) is 6.42 Å². The molecule has 1 heterocycles. The molecule has 25 heavy (non-hydrogen) atoms. The summed E-state index contributed by atoms with van der Waals surface area (Å²) in [5.74, 6) is 0.0902. The van der Waals surface area contributed by atoms with Gasteiger partial charge in [-0.2, -0.15) is 0 Å². The number of amides is 1. The maximum absolute atomic E-state index is 12.5. The standard InChI is InChI=1S/C21H31N3O/c1-21(2,3)19(12-15-23(4)5)22-20(25)16-17-8-10-18(11-9-17)24-13-6-7-14-24/h6-11,13-14,19H,12,15-16H2,1-5H3,(H,22,25). The monoisotopic (exact) mass is 341 g/mol. The van der Waals surface area contributed by atoms with Gasteiger partial charge in [-0.05, 0) is 62.3 Å². The quantitative estimate of drug-likeness (QED) is 0.837. The molecule has 1 aromatic carbocycles. The number of rotatable bonds is 7. The first-order chi connectivity index (χ1) is 11.8. The van der Waals surface area contributed by atoms with Crippen LogP contribution in [0.2, 0.25) is 0 Å². The van der Waals surface area contributed by atoms with Crippen molar-refractivity contribution >= 4 is 5.91 Å². The molecule has 0 saturated carbocycles. The zero-order chi connectivity index (χ0) is 18.4. The highest BCUT2D eigenvalue weighted by atomic mass is 16.1. The van der Waals surface area contributed by atoms with E-state index in [-0.39, 0.29) is 17.4 Å². The molecule has 1 unspecified atom stereocenters. The summed E-state index contributed by atoms with van der Waals surface area (Å²) in [7, 11) is 4.13. The molecule has 4 nitrogen and oxygen atoms in total.